The van der Waals surface area contributed by atoms with E-state index in [9.17, 15) is 4.79 Å². The van der Waals surface area contributed by atoms with Crippen LogP contribution in [0.4, 0.5) is 0 Å². The summed E-state index contributed by atoms with van der Waals surface area (Å²) in [6.07, 6.45) is 8.64. The molecule has 0 spiro atoms. The van der Waals surface area contributed by atoms with Crippen LogP contribution in [0.1, 0.15) is 44.9 Å². The van der Waals surface area contributed by atoms with Crippen LogP contribution in [0.5, 0.6) is 0 Å². The lowest BCUT2D eigenvalue weighted by Crippen LogP contribution is -2.44. The van der Waals surface area contributed by atoms with Crippen molar-refractivity contribution in [3.05, 3.63) is 0 Å². The Morgan fingerprint density at radius 1 is 1.30 bits per heavy atom. The zero-order valence-corrected chi connectivity index (χ0v) is 12.9. The number of amides is 1. The largest absolute Gasteiger partial charge is 0.383 e. The number of hydrogen-bond donors (Lipinski definition) is 2. The van der Waals surface area contributed by atoms with Crippen LogP contribution in [0, 0.1) is 0 Å². The topological polar surface area (TPSA) is 67.6 Å². The van der Waals surface area contributed by atoms with Crippen molar-refractivity contribution in [2.45, 2.75) is 51.0 Å². The molecule has 0 heterocycles. The molecule has 0 saturated heterocycles. The van der Waals surface area contributed by atoms with E-state index in [1.165, 1.54) is 38.5 Å². The molecule has 5 nitrogen and oxygen atoms in total. The van der Waals surface area contributed by atoms with Gasteiger partial charge < -0.3 is 15.8 Å². The summed E-state index contributed by atoms with van der Waals surface area (Å²) < 4.78 is 4.95. The van der Waals surface area contributed by atoms with E-state index in [-0.39, 0.29) is 5.91 Å². The van der Waals surface area contributed by atoms with Gasteiger partial charge in [0.25, 0.3) is 0 Å². The Kier molecular flexibility index (Phi) is 9.62. The van der Waals surface area contributed by atoms with E-state index in [1.54, 1.807) is 7.11 Å². The van der Waals surface area contributed by atoms with Crippen LogP contribution in [-0.4, -0.2) is 56.7 Å². The van der Waals surface area contributed by atoms with Crippen molar-refractivity contribution in [1.82, 2.24) is 10.2 Å². The molecule has 118 valence electrons. The summed E-state index contributed by atoms with van der Waals surface area (Å²) in [5.41, 5.74) is 5.62. The van der Waals surface area contributed by atoms with Gasteiger partial charge in [0.15, 0.2) is 0 Å². The molecule has 20 heavy (non-hydrogen) atoms. The molecule has 0 aromatic rings. The molecule has 0 aromatic heterocycles. The van der Waals surface area contributed by atoms with Crippen molar-refractivity contribution >= 4 is 5.91 Å². The van der Waals surface area contributed by atoms with Gasteiger partial charge in [0.2, 0.25) is 5.91 Å². The third-order valence-corrected chi connectivity index (χ3v) is 3.97. The molecule has 3 N–H and O–H groups in total. The molecule has 0 radical (unpaired) electrons. The second-order valence-electron chi connectivity index (χ2n) is 5.60. The summed E-state index contributed by atoms with van der Waals surface area (Å²) >= 11 is 0. The highest BCUT2D eigenvalue weighted by atomic mass is 16.5. The second-order valence-corrected chi connectivity index (χ2v) is 5.60. The molecule has 1 rings (SSSR count). The molecule has 1 aliphatic carbocycles. The maximum atomic E-state index is 12.0. The van der Waals surface area contributed by atoms with Gasteiger partial charge in [-0.3, -0.25) is 9.69 Å². The van der Waals surface area contributed by atoms with Crippen LogP contribution in [0.3, 0.4) is 0 Å². The summed E-state index contributed by atoms with van der Waals surface area (Å²) in [5.74, 6) is 0.100. The smallest absolute Gasteiger partial charge is 0.234 e. The van der Waals surface area contributed by atoms with E-state index in [1.807, 2.05) is 0 Å². The Bertz CT molecular complexity index is 254. The lowest BCUT2D eigenvalue weighted by atomic mass is 10.1. The molecule has 0 aromatic carbocycles. The Morgan fingerprint density at radius 3 is 2.60 bits per heavy atom. The first-order valence-electron chi connectivity index (χ1n) is 7.97. The number of ether oxygens (including phenoxy) is 1. The highest BCUT2D eigenvalue weighted by Gasteiger charge is 2.21. The maximum absolute atomic E-state index is 12.0. The minimum atomic E-state index is 0.100. The molecule has 0 atom stereocenters. The Hall–Kier alpha value is -0.650. The Morgan fingerprint density at radius 2 is 2.00 bits per heavy atom. The fourth-order valence-corrected chi connectivity index (χ4v) is 2.84. The van der Waals surface area contributed by atoms with Gasteiger partial charge in [0.05, 0.1) is 13.2 Å². The van der Waals surface area contributed by atoms with E-state index >= 15 is 0 Å². The molecular formula is C15H31N3O2. The number of nitrogens with one attached hydrogen (secondary N) is 1. The molecule has 1 aliphatic rings. The fraction of sp³-hybridized carbons (Fsp3) is 0.933. The Labute approximate surface area is 123 Å². The third-order valence-electron chi connectivity index (χ3n) is 3.97. The third kappa shape index (κ3) is 7.22. The van der Waals surface area contributed by atoms with Crippen molar-refractivity contribution in [1.29, 1.82) is 0 Å². The number of carbonyl (C=O) groups excluding carboxylic acids is 1. The highest BCUT2D eigenvalue weighted by molar-refractivity contribution is 5.78. The molecule has 0 unspecified atom stereocenters. The minimum Gasteiger partial charge on any atom is -0.383 e. The lowest BCUT2D eigenvalue weighted by molar-refractivity contribution is -0.123. The predicted octanol–water partition coefficient (Wildman–Crippen LogP) is 1.12. The number of rotatable bonds is 9. The number of hydrogen-bond acceptors (Lipinski definition) is 4. The zero-order valence-electron chi connectivity index (χ0n) is 12.9. The summed E-state index contributed by atoms with van der Waals surface area (Å²) in [5, 5.41) is 2.91. The lowest BCUT2D eigenvalue weighted by Gasteiger charge is -2.30. The maximum Gasteiger partial charge on any atom is 0.234 e. The molecule has 1 fully saturated rings. The number of carbonyl (C=O) groups is 1. The van der Waals surface area contributed by atoms with Crippen LogP contribution < -0.4 is 11.1 Å². The van der Waals surface area contributed by atoms with Crippen LogP contribution in [0.25, 0.3) is 0 Å². The zero-order chi connectivity index (χ0) is 14.6. The van der Waals surface area contributed by atoms with Crippen molar-refractivity contribution < 1.29 is 9.53 Å². The normalized spacial score (nSPS) is 17.1. The van der Waals surface area contributed by atoms with Gasteiger partial charge in [-0.15, -0.1) is 0 Å². The van der Waals surface area contributed by atoms with Gasteiger partial charge in [-0.05, 0) is 25.8 Å². The van der Waals surface area contributed by atoms with Gasteiger partial charge in [-0.2, -0.15) is 0 Å². The van der Waals surface area contributed by atoms with Gasteiger partial charge in [-0.25, -0.2) is 0 Å². The number of methoxy groups -OCH3 is 1. The first kappa shape index (κ1) is 17.4. The minimum absolute atomic E-state index is 0.100. The summed E-state index contributed by atoms with van der Waals surface area (Å²) in [6, 6.07) is 0.553. The predicted molar refractivity (Wildman–Crippen MR) is 81.6 cm³/mol. The van der Waals surface area contributed by atoms with E-state index < -0.39 is 0 Å². The first-order chi connectivity index (χ1) is 9.77. The molecule has 1 saturated carbocycles. The first-order valence-corrected chi connectivity index (χ1v) is 7.97. The quantitative estimate of drug-likeness (QED) is 0.492. The molecule has 1 amide bonds. The SMILES string of the molecule is COCCNC(=O)CN(CCCN)C1CCCCCC1. The second kappa shape index (κ2) is 11.1. The molecular weight excluding hydrogens is 254 g/mol. The van der Waals surface area contributed by atoms with Crippen molar-refractivity contribution in [2.75, 3.05) is 39.9 Å². The van der Waals surface area contributed by atoms with Gasteiger partial charge in [0.1, 0.15) is 0 Å². The van der Waals surface area contributed by atoms with Crippen molar-refractivity contribution in [3.63, 3.8) is 0 Å². The average molecular weight is 285 g/mol. The average Bonchev–Trinajstić information content (AvgIpc) is 2.72. The number of nitrogens with zero attached hydrogens (tertiary/aromatic N) is 1. The molecule has 0 bridgehead atoms. The van der Waals surface area contributed by atoms with Crippen molar-refractivity contribution in [2.24, 2.45) is 5.73 Å². The van der Waals surface area contributed by atoms with Crippen LogP contribution in [0.15, 0.2) is 0 Å². The van der Waals surface area contributed by atoms with E-state index in [2.05, 4.69) is 10.2 Å². The monoisotopic (exact) mass is 285 g/mol. The van der Waals surface area contributed by atoms with Crippen LogP contribution >= 0.6 is 0 Å². The summed E-state index contributed by atoms with van der Waals surface area (Å²) in [4.78, 5) is 14.3. The highest BCUT2D eigenvalue weighted by Crippen LogP contribution is 2.21. The van der Waals surface area contributed by atoms with Gasteiger partial charge in [0, 0.05) is 26.2 Å². The summed E-state index contributed by atoms with van der Waals surface area (Å²) in [7, 11) is 1.64. The van der Waals surface area contributed by atoms with Gasteiger partial charge in [-0.1, -0.05) is 25.7 Å². The standard InChI is InChI=1S/C15H31N3O2/c1-20-12-10-17-15(19)13-18(11-6-9-16)14-7-4-2-3-5-8-14/h14H,2-13,16H2,1H3,(H,17,19). The Balaban J connectivity index is 2.42. The van der Waals surface area contributed by atoms with Crippen LogP contribution in [0.2, 0.25) is 0 Å². The molecule has 0 aliphatic heterocycles. The van der Waals surface area contributed by atoms with E-state index in [0.29, 0.717) is 32.3 Å². The van der Waals surface area contributed by atoms with Crippen LogP contribution in [-0.2, 0) is 9.53 Å². The van der Waals surface area contributed by atoms with E-state index in [4.69, 9.17) is 10.5 Å². The van der Waals surface area contributed by atoms with Gasteiger partial charge >= 0.3 is 0 Å². The molecule has 5 heteroatoms. The van der Waals surface area contributed by atoms with Crippen molar-refractivity contribution in [3.8, 4) is 0 Å². The fourth-order valence-electron chi connectivity index (χ4n) is 2.84. The number of nitrogens with two attached hydrogens (primary N) is 1. The summed E-state index contributed by atoms with van der Waals surface area (Å²) in [6.45, 7) is 3.27. The van der Waals surface area contributed by atoms with E-state index in [0.717, 1.165) is 13.0 Å².